The maximum atomic E-state index is 11.0. The van der Waals surface area contributed by atoms with Crippen molar-refractivity contribution in [3.63, 3.8) is 0 Å². The number of nitrogens with two attached hydrogens (primary N) is 1. The van der Waals surface area contributed by atoms with Crippen LogP contribution < -0.4 is 11.1 Å². The number of nitrogens with zero attached hydrogens (tertiary/aromatic N) is 1. The zero-order valence-corrected chi connectivity index (χ0v) is 11.3. The van der Waals surface area contributed by atoms with E-state index in [1.165, 1.54) is 6.07 Å². The minimum absolute atomic E-state index is 0.0152. The van der Waals surface area contributed by atoms with Gasteiger partial charge in [-0.25, -0.2) is 0 Å². The van der Waals surface area contributed by atoms with E-state index in [1.54, 1.807) is 12.1 Å². The smallest absolute Gasteiger partial charge is 0.310 e. The van der Waals surface area contributed by atoms with Crippen LogP contribution in [0.5, 0.6) is 0 Å². The van der Waals surface area contributed by atoms with Gasteiger partial charge in [0, 0.05) is 12.6 Å². The van der Waals surface area contributed by atoms with Gasteiger partial charge in [-0.1, -0.05) is 17.7 Å². The number of anilines is 1. The Labute approximate surface area is 116 Å². The van der Waals surface area contributed by atoms with Gasteiger partial charge in [0.2, 0.25) is 0 Å². The van der Waals surface area contributed by atoms with Crippen molar-refractivity contribution in [2.24, 2.45) is 5.73 Å². The van der Waals surface area contributed by atoms with Crippen LogP contribution in [-0.2, 0) is 4.74 Å². The van der Waals surface area contributed by atoms with Gasteiger partial charge in [0.25, 0.3) is 0 Å². The Morgan fingerprint density at radius 3 is 2.95 bits per heavy atom. The van der Waals surface area contributed by atoms with E-state index < -0.39 is 4.92 Å². The Morgan fingerprint density at radius 2 is 2.37 bits per heavy atom. The molecule has 0 radical (unpaired) electrons. The van der Waals surface area contributed by atoms with Crippen molar-refractivity contribution < 1.29 is 9.66 Å². The van der Waals surface area contributed by atoms with Crippen molar-refractivity contribution in [2.45, 2.75) is 31.5 Å². The van der Waals surface area contributed by atoms with Crippen LogP contribution >= 0.6 is 11.6 Å². The van der Waals surface area contributed by atoms with E-state index in [9.17, 15) is 10.1 Å². The quantitative estimate of drug-likeness (QED) is 0.639. The van der Waals surface area contributed by atoms with E-state index in [1.807, 2.05) is 6.92 Å². The summed E-state index contributed by atoms with van der Waals surface area (Å²) in [5.41, 5.74) is 6.16. The van der Waals surface area contributed by atoms with Crippen molar-refractivity contribution in [3.8, 4) is 0 Å². The average Bonchev–Trinajstić information content (AvgIpc) is 2.35. The maximum absolute atomic E-state index is 11.0. The average molecular weight is 286 g/mol. The number of para-hydroxylation sites is 1. The van der Waals surface area contributed by atoms with Crippen LogP contribution in [0.3, 0.4) is 0 Å². The van der Waals surface area contributed by atoms with Crippen LogP contribution in [0, 0.1) is 10.1 Å². The molecule has 1 aromatic rings. The van der Waals surface area contributed by atoms with E-state index in [-0.39, 0.29) is 28.9 Å². The van der Waals surface area contributed by atoms with Gasteiger partial charge in [0.05, 0.1) is 17.1 Å². The molecular formula is C12H16ClN3O3. The van der Waals surface area contributed by atoms with Gasteiger partial charge in [-0.3, -0.25) is 10.1 Å². The van der Waals surface area contributed by atoms with E-state index in [4.69, 9.17) is 22.1 Å². The molecule has 0 heterocycles. The molecule has 1 aromatic carbocycles. The molecule has 1 saturated carbocycles. The molecule has 1 aliphatic rings. The highest BCUT2D eigenvalue weighted by molar-refractivity contribution is 6.33. The zero-order valence-electron chi connectivity index (χ0n) is 10.5. The number of ether oxygens (including phenoxy) is 1. The third kappa shape index (κ3) is 2.80. The summed E-state index contributed by atoms with van der Waals surface area (Å²) in [4.78, 5) is 10.5. The summed E-state index contributed by atoms with van der Waals surface area (Å²) < 4.78 is 5.52. The lowest BCUT2D eigenvalue weighted by Crippen LogP contribution is -2.60. The van der Waals surface area contributed by atoms with Crippen molar-refractivity contribution in [1.29, 1.82) is 0 Å². The molecule has 19 heavy (non-hydrogen) atoms. The first-order valence-corrected chi connectivity index (χ1v) is 6.49. The fourth-order valence-corrected chi connectivity index (χ4v) is 2.47. The minimum atomic E-state index is -0.495. The predicted molar refractivity (Wildman–Crippen MR) is 73.5 cm³/mol. The largest absolute Gasteiger partial charge is 0.376 e. The number of rotatable bonds is 5. The summed E-state index contributed by atoms with van der Waals surface area (Å²) in [6.07, 6.45) is 0.735. The Kier molecular flexibility index (Phi) is 4.24. The second-order valence-electron chi connectivity index (χ2n) is 4.46. The lowest BCUT2D eigenvalue weighted by atomic mass is 9.83. The van der Waals surface area contributed by atoms with Gasteiger partial charge in [-0.2, -0.15) is 0 Å². The zero-order chi connectivity index (χ0) is 14.0. The SMILES string of the molecule is CCOC1CC(N)C1Nc1cccc(Cl)c1[N+](=O)[O-]. The Bertz CT molecular complexity index is 481. The third-order valence-electron chi connectivity index (χ3n) is 3.24. The first kappa shape index (κ1) is 14.0. The first-order chi connectivity index (χ1) is 9.04. The highest BCUT2D eigenvalue weighted by atomic mass is 35.5. The highest BCUT2D eigenvalue weighted by Crippen LogP contribution is 2.35. The molecule has 0 amide bonds. The molecule has 3 N–H and O–H groups in total. The van der Waals surface area contributed by atoms with Gasteiger partial charge in [-0.15, -0.1) is 0 Å². The lowest BCUT2D eigenvalue weighted by molar-refractivity contribution is -0.383. The summed E-state index contributed by atoms with van der Waals surface area (Å²) in [5.74, 6) is 0. The molecule has 2 rings (SSSR count). The van der Waals surface area contributed by atoms with Gasteiger partial charge in [0.15, 0.2) is 0 Å². The van der Waals surface area contributed by atoms with E-state index >= 15 is 0 Å². The summed E-state index contributed by atoms with van der Waals surface area (Å²) in [6.45, 7) is 2.50. The fraction of sp³-hybridized carbons (Fsp3) is 0.500. The van der Waals surface area contributed by atoms with Crippen LogP contribution in [0.15, 0.2) is 18.2 Å². The van der Waals surface area contributed by atoms with Gasteiger partial charge >= 0.3 is 5.69 Å². The number of nitrogens with one attached hydrogen (secondary N) is 1. The van der Waals surface area contributed by atoms with Gasteiger partial charge < -0.3 is 15.8 Å². The Balaban J connectivity index is 2.19. The molecule has 6 nitrogen and oxygen atoms in total. The number of halogens is 1. The summed E-state index contributed by atoms with van der Waals surface area (Å²) >= 11 is 5.86. The summed E-state index contributed by atoms with van der Waals surface area (Å²) in [5, 5.41) is 14.2. The first-order valence-electron chi connectivity index (χ1n) is 6.11. The molecular weight excluding hydrogens is 270 g/mol. The molecule has 1 fully saturated rings. The van der Waals surface area contributed by atoms with Gasteiger partial charge in [-0.05, 0) is 25.5 Å². The van der Waals surface area contributed by atoms with E-state index in [0.29, 0.717) is 12.3 Å². The van der Waals surface area contributed by atoms with Gasteiger partial charge in [0.1, 0.15) is 10.7 Å². The Morgan fingerprint density at radius 1 is 1.63 bits per heavy atom. The van der Waals surface area contributed by atoms with E-state index in [2.05, 4.69) is 5.32 Å². The predicted octanol–water partition coefficient (Wildman–Crippen LogP) is 2.16. The highest BCUT2D eigenvalue weighted by Gasteiger charge is 2.40. The topological polar surface area (TPSA) is 90.4 Å². The normalized spacial score (nSPS) is 25.7. The van der Waals surface area contributed by atoms with Crippen molar-refractivity contribution in [1.82, 2.24) is 0 Å². The molecule has 0 aliphatic heterocycles. The van der Waals surface area contributed by atoms with Crippen LogP contribution in [0.2, 0.25) is 5.02 Å². The number of hydrogen-bond donors (Lipinski definition) is 2. The monoisotopic (exact) mass is 285 g/mol. The summed E-state index contributed by atoms with van der Waals surface area (Å²) in [6, 6.07) is 4.58. The molecule has 0 spiro atoms. The maximum Gasteiger partial charge on any atom is 0.310 e. The number of benzene rings is 1. The van der Waals surface area contributed by atoms with Crippen molar-refractivity contribution in [3.05, 3.63) is 33.3 Å². The molecule has 0 saturated heterocycles. The second kappa shape index (κ2) is 5.73. The van der Waals surface area contributed by atoms with Crippen molar-refractivity contribution >= 4 is 23.0 Å². The van der Waals surface area contributed by atoms with Crippen LogP contribution in [0.4, 0.5) is 11.4 Å². The standard InChI is InChI=1S/C12H16ClN3O3/c1-2-19-10-6-8(14)11(10)15-9-5-3-4-7(13)12(9)16(17)18/h3-5,8,10-11,15H,2,6,14H2,1H3. The number of nitro benzene ring substituents is 1. The van der Waals surface area contributed by atoms with Crippen LogP contribution in [0.25, 0.3) is 0 Å². The molecule has 7 heteroatoms. The van der Waals surface area contributed by atoms with E-state index in [0.717, 1.165) is 6.42 Å². The molecule has 0 aromatic heterocycles. The minimum Gasteiger partial charge on any atom is -0.376 e. The molecule has 3 unspecified atom stereocenters. The molecule has 104 valence electrons. The molecule has 1 aliphatic carbocycles. The fourth-order valence-electron chi connectivity index (χ4n) is 2.22. The second-order valence-corrected chi connectivity index (χ2v) is 4.86. The third-order valence-corrected chi connectivity index (χ3v) is 3.54. The number of hydrogen-bond acceptors (Lipinski definition) is 5. The number of nitro groups is 1. The van der Waals surface area contributed by atoms with Crippen molar-refractivity contribution in [2.75, 3.05) is 11.9 Å². The Hall–Kier alpha value is -1.37. The lowest BCUT2D eigenvalue weighted by Gasteiger charge is -2.42. The van der Waals surface area contributed by atoms with Crippen LogP contribution in [0.1, 0.15) is 13.3 Å². The molecule has 0 bridgehead atoms. The summed E-state index contributed by atoms with van der Waals surface area (Å²) in [7, 11) is 0. The van der Waals surface area contributed by atoms with Crippen LogP contribution in [-0.4, -0.2) is 29.7 Å². The molecule has 3 atom stereocenters.